The van der Waals surface area contributed by atoms with Gasteiger partial charge in [0.1, 0.15) is 12.1 Å². The molecule has 0 heterocycles. The van der Waals surface area contributed by atoms with E-state index >= 15 is 0 Å². The minimum Gasteiger partial charge on any atom is -0.480 e. The zero-order chi connectivity index (χ0) is 19.7. The van der Waals surface area contributed by atoms with Gasteiger partial charge in [-0.25, -0.2) is 4.79 Å². The van der Waals surface area contributed by atoms with Gasteiger partial charge in [-0.1, -0.05) is 0 Å². The SMILES string of the molecule is CC(N)C(=O)NC(CO)C(=O)NC(CS)C(=O)NC(C(=O)O)C(C)O. The lowest BCUT2D eigenvalue weighted by atomic mass is 10.1. The van der Waals surface area contributed by atoms with Crippen molar-refractivity contribution in [1.82, 2.24) is 16.0 Å². The van der Waals surface area contributed by atoms with Gasteiger partial charge in [0.05, 0.1) is 18.8 Å². The number of nitrogens with one attached hydrogen (secondary N) is 3. The Bertz CT molecular complexity index is 501. The normalized spacial score (nSPS) is 16.7. The molecule has 0 rings (SSSR count). The quantitative estimate of drug-likeness (QED) is 0.177. The second kappa shape index (κ2) is 10.9. The van der Waals surface area contributed by atoms with E-state index < -0.39 is 60.6 Å². The van der Waals surface area contributed by atoms with E-state index in [1.54, 1.807) is 0 Å². The average Bonchev–Trinajstić information content (AvgIpc) is 2.53. The highest BCUT2D eigenvalue weighted by molar-refractivity contribution is 7.80. The van der Waals surface area contributed by atoms with E-state index in [0.29, 0.717) is 0 Å². The number of rotatable bonds is 10. The van der Waals surface area contributed by atoms with Crippen molar-refractivity contribution in [2.75, 3.05) is 12.4 Å². The third-order valence-corrected chi connectivity index (χ3v) is 3.46. The van der Waals surface area contributed by atoms with E-state index in [-0.39, 0.29) is 5.75 Å². The topological polar surface area (TPSA) is 191 Å². The van der Waals surface area contributed by atoms with Crippen molar-refractivity contribution in [2.24, 2.45) is 5.73 Å². The van der Waals surface area contributed by atoms with E-state index in [0.717, 1.165) is 0 Å². The fourth-order valence-corrected chi connectivity index (χ4v) is 1.86. The van der Waals surface area contributed by atoms with Crippen LogP contribution >= 0.6 is 12.6 Å². The van der Waals surface area contributed by atoms with E-state index in [2.05, 4.69) is 28.6 Å². The van der Waals surface area contributed by atoms with Crippen LogP contribution in [0.25, 0.3) is 0 Å². The number of carbonyl (C=O) groups is 4. The number of hydrogen-bond acceptors (Lipinski definition) is 8. The van der Waals surface area contributed by atoms with Gasteiger partial charge in [0.25, 0.3) is 0 Å². The predicted octanol–water partition coefficient (Wildman–Crippen LogP) is -3.82. The Morgan fingerprint density at radius 1 is 1.00 bits per heavy atom. The molecule has 0 aliphatic rings. The summed E-state index contributed by atoms with van der Waals surface area (Å²) in [7, 11) is 0. The van der Waals surface area contributed by atoms with Crippen molar-refractivity contribution in [3.05, 3.63) is 0 Å². The molecule has 0 bridgehead atoms. The third-order valence-electron chi connectivity index (χ3n) is 3.09. The number of hydrogen-bond donors (Lipinski definition) is 8. The van der Waals surface area contributed by atoms with E-state index in [1.807, 2.05) is 0 Å². The van der Waals surface area contributed by atoms with Crippen LogP contribution in [0.4, 0.5) is 0 Å². The average molecular weight is 380 g/mol. The fraction of sp³-hybridized carbons (Fsp3) is 0.692. The Labute approximate surface area is 149 Å². The maximum absolute atomic E-state index is 12.1. The number of carboxylic acids is 1. The summed E-state index contributed by atoms with van der Waals surface area (Å²) in [4.78, 5) is 46.6. The van der Waals surface area contributed by atoms with Crippen LogP contribution in [0.3, 0.4) is 0 Å². The summed E-state index contributed by atoms with van der Waals surface area (Å²) in [6.07, 6.45) is -1.37. The Balaban J connectivity index is 4.93. The van der Waals surface area contributed by atoms with Crippen molar-refractivity contribution in [3.8, 4) is 0 Å². The van der Waals surface area contributed by atoms with E-state index in [4.69, 9.17) is 10.8 Å². The summed E-state index contributed by atoms with van der Waals surface area (Å²) in [6.45, 7) is 1.82. The predicted molar refractivity (Wildman–Crippen MR) is 89.7 cm³/mol. The minimum atomic E-state index is -1.57. The van der Waals surface area contributed by atoms with Crippen LogP contribution in [0.5, 0.6) is 0 Å². The fourth-order valence-electron chi connectivity index (χ4n) is 1.61. The number of amides is 3. The van der Waals surface area contributed by atoms with Crippen molar-refractivity contribution in [3.63, 3.8) is 0 Å². The molecule has 0 radical (unpaired) electrons. The smallest absolute Gasteiger partial charge is 0.328 e. The third kappa shape index (κ3) is 7.69. The van der Waals surface area contributed by atoms with Crippen LogP contribution in [-0.2, 0) is 19.2 Å². The molecule has 0 fully saturated rings. The highest BCUT2D eigenvalue weighted by Gasteiger charge is 2.30. The Kier molecular flexibility index (Phi) is 10.0. The number of aliphatic hydroxyl groups is 2. The summed E-state index contributed by atoms with van der Waals surface area (Å²) in [6, 6.07) is -5.08. The molecule has 0 saturated carbocycles. The van der Waals surface area contributed by atoms with Gasteiger partial charge < -0.3 is 37.0 Å². The molecule has 0 aliphatic carbocycles. The summed E-state index contributed by atoms with van der Waals surface area (Å²) in [5.74, 6) is -4.10. The van der Waals surface area contributed by atoms with Gasteiger partial charge in [0.2, 0.25) is 17.7 Å². The number of carboxylic acid groups (broad SMARTS) is 1. The molecule has 0 spiro atoms. The monoisotopic (exact) mass is 380 g/mol. The summed E-state index contributed by atoms with van der Waals surface area (Å²) < 4.78 is 0. The lowest BCUT2D eigenvalue weighted by molar-refractivity contribution is -0.145. The van der Waals surface area contributed by atoms with Gasteiger partial charge in [-0.3, -0.25) is 14.4 Å². The number of carbonyl (C=O) groups excluding carboxylic acids is 3. The molecule has 0 aliphatic heterocycles. The largest absolute Gasteiger partial charge is 0.480 e. The van der Waals surface area contributed by atoms with Crippen LogP contribution in [0.2, 0.25) is 0 Å². The zero-order valence-electron chi connectivity index (χ0n) is 13.8. The first-order valence-electron chi connectivity index (χ1n) is 7.34. The highest BCUT2D eigenvalue weighted by atomic mass is 32.1. The van der Waals surface area contributed by atoms with Crippen molar-refractivity contribution in [1.29, 1.82) is 0 Å². The number of aliphatic carboxylic acids is 1. The van der Waals surface area contributed by atoms with Crippen LogP contribution in [0, 0.1) is 0 Å². The first-order chi connectivity index (χ1) is 11.5. The standard InChI is InChI=1S/C13H24N4O7S/c1-5(14)10(20)15-7(3-18)11(21)16-8(4-25)12(22)17-9(6(2)19)13(23)24/h5-9,18-19,25H,3-4,14H2,1-2H3,(H,15,20)(H,16,21)(H,17,22)(H,23,24). The van der Waals surface area contributed by atoms with Crippen LogP contribution in [0.1, 0.15) is 13.8 Å². The molecular weight excluding hydrogens is 356 g/mol. The lowest BCUT2D eigenvalue weighted by Crippen LogP contribution is -2.59. The zero-order valence-corrected chi connectivity index (χ0v) is 14.7. The Morgan fingerprint density at radius 2 is 1.48 bits per heavy atom. The molecule has 11 nitrogen and oxygen atoms in total. The Morgan fingerprint density at radius 3 is 1.84 bits per heavy atom. The number of thiol groups is 1. The molecule has 144 valence electrons. The number of aliphatic hydroxyl groups excluding tert-OH is 2. The molecule has 0 saturated heterocycles. The van der Waals surface area contributed by atoms with Gasteiger partial charge in [-0.2, -0.15) is 12.6 Å². The summed E-state index contributed by atoms with van der Waals surface area (Å²) in [5.41, 5.74) is 5.35. The van der Waals surface area contributed by atoms with Crippen LogP contribution in [-0.4, -0.2) is 81.6 Å². The van der Waals surface area contributed by atoms with Crippen LogP contribution in [0.15, 0.2) is 0 Å². The second-order valence-corrected chi connectivity index (χ2v) is 5.71. The molecule has 8 N–H and O–H groups in total. The van der Waals surface area contributed by atoms with Crippen molar-refractivity contribution >= 4 is 36.3 Å². The molecule has 5 atom stereocenters. The molecule has 0 aromatic carbocycles. The minimum absolute atomic E-state index is 0.191. The van der Waals surface area contributed by atoms with Gasteiger partial charge in [-0.15, -0.1) is 0 Å². The molecule has 0 aromatic rings. The Hall–Kier alpha value is -1.89. The first-order valence-corrected chi connectivity index (χ1v) is 7.97. The van der Waals surface area contributed by atoms with Gasteiger partial charge in [0, 0.05) is 5.75 Å². The maximum atomic E-state index is 12.1. The van der Waals surface area contributed by atoms with Gasteiger partial charge in [0.15, 0.2) is 6.04 Å². The molecular formula is C13H24N4O7S. The molecule has 5 unspecified atom stereocenters. The van der Waals surface area contributed by atoms with E-state index in [1.165, 1.54) is 13.8 Å². The summed E-state index contributed by atoms with van der Waals surface area (Å²) >= 11 is 3.90. The van der Waals surface area contributed by atoms with Crippen molar-refractivity contribution < 1.29 is 34.5 Å². The first kappa shape index (κ1) is 23.1. The lowest BCUT2D eigenvalue weighted by Gasteiger charge is -2.24. The maximum Gasteiger partial charge on any atom is 0.328 e. The molecule has 12 heteroatoms. The molecule has 0 aromatic heterocycles. The van der Waals surface area contributed by atoms with Crippen LogP contribution < -0.4 is 21.7 Å². The molecule has 25 heavy (non-hydrogen) atoms. The number of nitrogens with two attached hydrogens (primary N) is 1. The molecule has 3 amide bonds. The van der Waals surface area contributed by atoms with E-state index in [9.17, 15) is 29.4 Å². The van der Waals surface area contributed by atoms with Gasteiger partial charge >= 0.3 is 5.97 Å². The summed E-state index contributed by atoms with van der Waals surface area (Å²) in [5, 5.41) is 34.0. The van der Waals surface area contributed by atoms with Gasteiger partial charge in [-0.05, 0) is 13.8 Å². The second-order valence-electron chi connectivity index (χ2n) is 5.34. The highest BCUT2D eigenvalue weighted by Crippen LogP contribution is 1.98. The van der Waals surface area contributed by atoms with Crippen molar-refractivity contribution in [2.45, 2.75) is 44.1 Å².